The zero-order valence-electron chi connectivity index (χ0n) is 19.0. The van der Waals surface area contributed by atoms with E-state index < -0.39 is 0 Å². The van der Waals surface area contributed by atoms with Crippen LogP contribution in [0.25, 0.3) is 20.8 Å². The highest BCUT2D eigenvalue weighted by atomic mass is 32.1. The molecule has 168 valence electrons. The fraction of sp³-hybridized carbons (Fsp3) is 0.286. The minimum atomic E-state index is 0.0923. The highest BCUT2D eigenvalue weighted by Crippen LogP contribution is 2.31. The van der Waals surface area contributed by atoms with Gasteiger partial charge in [-0.15, -0.1) is 11.3 Å². The maximum absolute atomic E-state index is 12.6. The number of nitrogens with one attached hydrogen (secondary N) is 2. The van der Waals surface area contributed by atoms with Gasteiger partial charge in [0.2, 0.25) is 0 Å². The zero-order valence-corrected chi connectivity index (χ0v) is 19.8. The van der Waals surface area contributed by atoms with E-state index in [1.165, 1.54) is 33.6 Å². The average Bonchev–Trinajstić information content (AvgIpc) is 3.25. The molecule has 4 aromatic rings. The minimum absolute atomic E-state index is 0.0923. The molecule has 0 unspecified atom stereocenters. The van der Waals surface area contributed by atoms with Crippen molar-refractivity contribution in [3.63, 3.8) is 0 Å². The molecule has 3 aromatic carbocycles. The molecule has 1 fully saturated rings. The van der Waals surface area contributed by atoms with E-state index in [0.29, 0.717) is 6.54 Å². The maximum Gasteiger partial charge on any atom is 0.279 e. The van der Waals surface area contributed by atoms with E-state index in [1.807, 2.05) is 24.3 Å². The lowest BCUT2D eigenvalue weighted by Gasteiger charge is -2.29. The van der Waals surface area contributed by atoms with Crippen LogP contribution in [-0.2, 0) is 11.2 Å². The van der Waals surface area contributed by atoms with Crippen molar-refractivity contribution in [3.05, 3.63) is 83.9 Å². The Balaban J connectivity index is 1.12. The highest BCUT2D eigenvalue weighted by Gasteiger charge is 2.24. The second-order valence-electron chi connectivity index (χ2n) is 9.18. The summed E-state index contributed by atoms with van der Waals surface area (Å²) in [6, 6.07) is 25.1. The summed E-state index contributed by atoms with van der Waals surface area (Å²) in [5.41, 5.74) is 5.64. The molecule has 5 rings (SSSR count). The summed E-state index contributed by atoms with van der Waals surface area (Å²) in [6.45, 7) is 4.78. The maximum atomic E-state index is 12.6. The molecule has 1 saturated heterocycles. The predicted molar refractivity (Wildman–Crippen MR) is 137 cm³/mol. The molecule has 2 heterocycles. The number of rotatable bonds is 6. The highest BCUT2D eigenvalue weighted by molar-refractivity contribution is 7.21. The van der Waals surface area contributed by atoms with Crippen LogP contribution in [0.1, 0.15) is 24.0 Å². The van der Waals surface area contributed by atoms with Crippen molar-refractivity contribution < 1.29 is 9.69 Å². The first kappa shape index (κ1) is 21.8. The van der Waals surface area contributed by atoms with Crippen LogP contribution in [0.3, 0.4) is 0 Å². The number of thiazole rings is 1. The van der Waals surface area contributed by atoms with Gasteiger partial charge in [-0.1, -0.05) is 36.4 Å². The molecular weight excluding hydrogens is 426 g/mol. The number of carbonyl (C=O) groups excluding carboxylic acids is 1. The molecule has 1 aliphatic heterocycles. The Morgan fingerprint density at radius 1 is 1.03 bits per heavy atom. The summed E-state index contributed by atoms with van der Waals surface area (Å²) in [4.78, 5) is 18.8. The van der Waals surface area contributed by atoms with Crippen molar-refractivity contribution in [3.8, 4) is 10.6 Å². The quantitative estimate of drug-likeness (QED) is 0.440. The second kappa shape index (κ2) is 9.86. The van der Waals surface area contributed by atoms with E-state index in [9.17, 15) is 4.79 Å². The van der Waals surface area contributed by atoms with E-state index in [0.717, 1.165) is 47.2 Å². The van der Waals surface area contributed by atoms with Gasteiger partial charge in [-0.05, 0) is 79.6 Å². The van der Waals surface area contributed by atoms with Crippen LogP contribution >= 0.6 is 11.3 Å². The number of piperidine rings is 1. The van der Waals surface area contributed by atoms with E-state index in [4.69, 9.17) is 4.98 Å². The zero-order chi connectivity index (χ0) is 22.6. The molecule has 0 spiro atoms. The molecule has 1 amide bonds. The lowest BCUT2D eigenvalue weighted by atomic mass is 9.90. The number of aryl methyl sites for hydroxylation is 1. The number of amides is 1. The predicted octanol–water partition coefficient (Wildman–Crippen LogP) is 4.75. The third-order valence-corrected chi connectivity index (χ3v) is 7.62. The van der Waals surface area contributed by atoms with Gasteiger partial charge in [-0.3, -0.25) is 4.79 Å². The minimum Gasteiger partial charge on any atom is -0.327 e. The number of quaternary nitrogens is 1. The summed E-state index contributed by atoms with van der Waals surface area (Å²) >= 11 is 1.71. The lowest BCUT2D eigenvalue weighted by molar-refractivity contribution is -0.898. The van der Waals surface area contributed by atoms with E-state index in [1.54, 1.807) is 11.3 Å². The first-order valence-corrected chi connectivity index (χ1v) is 12.6. The third-order valence-electron chi connectivity index (χ3n) is 6.55. The van der Waals surface area contributed by atoms with Crippen LogP contribution in [0, 0.1) is 12.8 Å². The SMILES string of the molecule is Cc1ccc2nc(-c3ccc(NC(=O)C[NH+]4CCC(Cc5ccccc5)CC4)cc3)sc2c1. The van der Waals surface area contributed by atoms with Gasteiger partial charge in [0.25, 0.3) is 5.91 Å². The van der Waals surface area contributed by atoms with Crippen molar-refractivity contribution in [2.75, 3.05) is 25.0 Å². The number of aromatic nitrogens is 1. The van der Waals surface area contributed by atoms with Crippen molar-refractivity contribution >= 4 is 33.1 Å². The number of hydrogen-bond acceptors (Lipinski definition) is 3. The van der Waals surface area contributed by atoms with Gasteiger partial charge in [-0.2, -0.15) is 0 Å². The Labute approximate surface area is 199 Å². The van der Waals surface area contributed by atoms with Crippen molar-refractivity contribution in [1.29, 1.82) is 0 Å². The monoisotopic (exact) mass is 456 g/mol. The third kappa shape index (κ3) is 5.49. The fourth-order valence-corrected chi connectivity index (χ4v) is 5.77. The Hall–Kier alpha value is -3.02. The molecule has 0 saturated carbocycles. The van der Waals surface area contributed by atoms with Gasteiger partial charge < -0.3 is 10.2 Å². The van der Waals surface area contributed by atoms with Gasteiger partial charge in [0.05, 0.1) is 23.3 Å². The van der Waals surface area contributed by atoms with Crippen LogP contribution in [0.4, 0.5) is 5.69 Å². The largest absolute Gasteiger partial charge is 0.327 e. The van der Waals surface area contributed by atoms with Crippen LogP contribution in [0.15, 0.2) is 72.8 Å². The lowest BCUT2D eigenvalue weighted by Crippen LogP contribution is -3.14. The number of nitrogens with zero attached hydrogens (tertiary/aromatic N) is 1. The fourth-order valence-electron chi connectivity index (χ4n) is 4.70. The van der Waals surface area contributed by atoms with Crippen molar-refractivity contribution in [2.45, 2.75) is 26.2 Å². The summed E-state index contributed by atoms with van der Waals surface area (Å²) in [5.74, 6) is 0.827. The van der Waals surface area contributed by atoms with Gasteiger partial charge >= 0.3 is 0 Å². The molecule has 4 nitrogen and oxygen atoms in total. The van der Waals surface area contributed by atoms with Gasteiger partial charge in [0.1, 0.15) is 5.01 Å². The molecule has 1 aromatic heterocycles. The molecule has 0 aliphatic carbocycles. The normalized spacial score (nSPS) is 18.3. The summed E-state index contributed by atoms with van der Waals surface area (Å²) in [6.07, 6.45) is 3.53. The van der Waals surface area contributed by atoms with Gasteiger partial charge in [0, 0.05) is 11.3 Å². The number of hydrogen-bond donors (Lipinski definition) is 2. The van der Waals surface area contributed by atoms with E-state index >= 15 is 0 Å². The van der Waals surface area contributed by atoms with Crippen LogP contribution in [0.5, 0.6) is 0 Å². The first-order chi connectivity index (χ1) is 16.1. The van der Waals surface area contributed by atoms with Gasteiger partial charge in [-0.25, -0.2) is 4.98 Å². The van der Waals surface area contributed by atoms with Crippen LogP contribution < -0.4 is 10.2 Å². The molecule has 33 heavy (non-hydrogen) atoms. The number of benzene rings is 3. The Morgan fingerprint density at radius 3 is 2.55 bits per heavy atom. The summed E-state index contributed by atoms with van der Waals surface area (Å²) in [7, 11) is 0. The molecule has 0 atom stereocenters. The van der Waals surface area contributed by atoms with Crippen molar-refractivity contribution in [1.82, 2.24) is 4.98 Å². The Kier molecular flexibility index (Phi) is 6.51. The molecule has 1 aliphatic rings. The van der Waals surface area contributed by atoms with Crippen molar-refractivity contribution in [2.24, 2.45) is 5.92 Å². The number of anilines is 1. The van der Waals surface area contributed by atoms with Crippen LogP contribution in [-0.4, -0.2) is 30.5 Å². The van der Waals surface area contributed by atoms with Crippen LogP contribution in [0.2, 0.25) is 0 Å². The average molecular weight is 457 g/mol. The Morgan fingerprint density at radius 2 is 1.79 bits per heavy atom. The molecular formula is C28H30N3OS+. The number of fused-ring (bicyclic) bond motifs is 1. The summed E-state index contributed by atoms with van der Waals surface area (Å²) < 4.78 is 1.21. The topological polar surface area (TPSA) is 46.4 Å². The molecule has 2 N–H and O–H groups in total. The molecule has 0 radical (unpaired) electrons. The summed E-state index contributed by atoms with van der Waals surface area (Å²) in [5, 5.41) is 4.09. The molecule has 5 heteroatoms. The van der Waals surface area contributed by atoms with Gasteiger partial charge in [0.15, 0.2) is 6.54 Å². The smallest absolute Gasteiger partial charge is 0.279 e. The van der Waals surface area contributed by atoms with E-state index in [2.05, 4.69) is 60.8 Å². The number of carbonyl (C=O) groups is 1. The Bertz CT molecular complexity index is 1230. The standard InChI is InChI=1S/C28H29N3OS/c1-20-7-12-25-26(17-20)33-28(30-25)23-8-10-24(11-9-23)29-27(32)19-31-15-13-22(14-16-31)18-21-5-3-2-4-6-21/h2-12,17,22H,13-16,18-19H2,1H3,(H,29,32)/p+1. The number of likely N-dealkylation sites (tertiary alicyclic amines) is 1. The first-order valence-electron chi connectivity index (χ1n) is 11.8. The second-order valence-corrected chi connectivity index (χ2v) is 10.2. The van der Waals surface area contributed by atoms with E-state index in [-0.39, 0.29) is 5.91 Å². The molecule has 0 bridgehead atoms.